The van der Waals surface area contributed by atoms with Crippen molar-refractivity contribution in [2.24, 2.45) is 0 Å². The fourth-order valence-corrected chi connectivity index (χ4v) is 7.37. The highest BCUT2D eigenvalue weighted by atomic mass is 15.1. The summed E-state index contributed by atoms with van der Waals surface area (Å²) in [7, 11) is 0. The van der Waals surface area contributed by atoms with Crippen molar-refractivity contribution in [1.29, 1.82) is 0 Å². The molecule has 0 aliphatic heterocycles. The summed E-state index contributed by atoms with van der Waals surface area (Å²) in [5.41, 5.74) is 14.6. The molecule has 9 rings (SSSR count). The second kappa shape index (κ2) is 7.91. The molecule has 186 valence electrons. The summed E-state index contributed by atoms with van der Waals surface area (Å²) in [5, 5.41) is 0. The van der Waals surface area contributed by atoms with Gasteiger partial charge in [-0.05, 0) is 57.1 Å². The molecule has 0 atom stereocenters. The van der Waals surface area contributed by atoms with Gasteiger partial charge in [0.05, 0.1) is 22.1 Å². The molecule has 2 aliphatic carbocycles. The average molecular weight is 509 g/mol. The lowest BCUT2D eigenvalue weighted by Gasteiger charge is -2.32. The molecule has 0 radical (unpaired) electrons. The van der Waals surface area contributed by atoms with Crippen LogP contribution < -0.4 is 0 Å². The van der Waals surface area contributed by atoms with Gasteiger partial charge in [0.15, 0.2) is 0 Å². The highest BCUT2D eigenvalue weighted by Crippen LogP contribution is 2.64. The Balaban J connectivity index is 1.48. The summed E-state index contributed by atoms with van der Waals surface area (Å²) in [6, 6.07) is 52.8. The lowest BCUT2D eigenvalue weighted by molar-refractivity contribution is 0.784. The molecule has 2 heteroatoms. The molecule has 6 aromatic carbocycles. The highest BCUT2D eigenvalue weighted by molar-refractivity contribution is 5.97. The van der Waals surface area contributed by atoms with Gasteiger partial charge in [-0.25, -0.2) is 4.98 Å². The zero-order valence-corrected chi connectivity index (χ0v) is 21.8. The van der Waals surface area contributed by atoms with E-state index in [0.29, 0.717) is 0 Å². The first-order valence-electron chi connectivity index (χ1n) is 13.8. The summed E-state index contributed by atoms with van der Waals surface area (Å²) in [6.45, 7) is 0. The van der Waals surface area contributed by atoms with Gasteiger partial charge in [-0.2, -0.15) is 0 Å². The largest absolute Gasteiger partial charge is 0.292 e. The summed E-state index contributed by atoms with van der Waals surface area (Å²) in [6.07, 6.45) is 0. The molecule has 1 aromatic heterocycles. The molecule has 0 amide bonds. The van der Waals surface area contributed by atoms with Gasteiger partial charge < -0.3 is 0 Å². The first kappa shape index (κ1) is 21.7. The topological polar surface area (TPSA) is 17.8 Å². The van der Waals surface area contributed by atoms with Crippen molar-refractivity contribution in [2.45, 2.75) is 5.41 Å². The third-order valence-corrected chi connectivity index (χ3v) is 8.82. The van der Waals surface area contributed by atoms with Gasteiger partial charge in [-0.3, -0.25) is 4.57 Å². The van der Waals surface area contributed by atoms with Crippen molar-refractivity contribution in [2.75, 3.05) is 0 Å². The molecular weight excluding hydrogens is 484 g/mol. The Morgan fingerprint density at radius 3 is 1.65 bits per heavy atom. The third kappa shape index (κ3) is 2.60. The molecule has 40 heavy (non-hydrogen) atoms. The van der Waals surface area contributed by atoms with Gasteiger partial charge in [0.1, 0.15) is 5.82 Å². The van der Waals surface area contributed by atoms with E-state index in [2.05, 4.69) is 150 Å². The van der Waals surface area contributed by atoms with Crippen molar-refractivity contribution in [1.82, 2.24) is 9.55 Å². The van der Waals surface area contributed by atoms with Crippen LogP contribution >= 0.6 is 0 Å². The van der Waals surface area contributed by atoms with Crippen LogP contribution in [-0.4, -0.2) is 9.55 Å². The van der Waals surface area contributed by atoms with Crippen LogP contribution in [0.2, 0.25) is 0 Å². The molecule has 7 aromatic rings. The highest BCUT2D eigenvalue weighted by Gasteiger charge is 2.52. The molecule has 2 aliphatic rings. The maximum Gasteiger partial charge on any atom is 0.145 e. The first-order valence-corrected chi connectivity index (χ1v) is 13.8. The maximum absolute atomic E-state index is 5.20. The number of hydrogen-bond donors (Lipinski definition) is 0. The molecule has 0 saturated carbocycles. The van der Waals surface area contributed by atoms with Gasteiger partial charge in [-0.1, -0.05) is 127 Å². The van der Waals surface area contributed by atoms with E-state index >= 15 is 0 Å². The van der Waals surface area contributed by atoms with Gasteiger partial charge >= 0.3 is 0 Å². The molecule has 0 bridgehead atoms. The van der Waals surface area contributed by atoms with Crippen LogP contribution in [0.15, 0.2) is 146 Å². The van der Waals surface area contributed by atoms with E-state index in [1.165, 1.54) is 50.2 Å². The van der Waals surface area contributed by atoms with E-state index < -0.39 is 5.41 Å². The zero-order valence-electron chi connectivity index (χ0n) is 21.8. The third-order valence-electron chi connectivity index (χ3n) is 8.82. The number of benzene rings is 6. The van der Waals surface area contributed by atoms with E-state index in [1.807, 2.05) is 0 Å². The molecule has 1 heterocycles. The summed E-state index contributed by atoms with van der Waals surface area (Å²) >= 11 is 0. The molecule has 1 spiro atoms. The van der Waals surface area contributed by atoms with Gasteiger partial charge in [0.2, 0.25) is 0 Å². The van der Waals surface area contributed by atoms with Crippen molar-refractivity contribution in [3.63, 3.8) is 0 Å². The fourth-order valence-electron chi connectivity index (χ4n) is 7.37. The number of aromatic nitrogens is 2. The number of imidazole rings is 1. The number of rotatable bonds is 2. The van der Waals surface area contributed by atoms with Crippen LogP contribution in [0.1, 0.15) is 22.3 Å². The summed E-state index contributed by atoms with van der Waals surface area (Å²) in [4.78, 5) is 5.20. The Bertz CT molecular complexity index is 2050. The van der Waals surface area contributed by atoms with E-state index in [0.717, 1.165) is 22.4 Å². The number of fused-ring (bicyclic) bond motifs is 11. The fraction of sp³-hybridized carbons (Fsp3) is 0.0263. The van der Waals surface area contributed by atoms with Crippen molar-refractivity contribution < 1.29 is 0 Å². The zero-order chi connectivity index (χ0) is 26.3. The molecular formula is C38H24N2. The van der Waals surface area contributed by atoms with Crippen molar-refractivity contribution in [3.05, 3.63) is 168 Å². The molecule has 0 fully saturated rings. The standard InChI is InChI=1S/C38H24N2/c1-2-13-25(14-3-1)37-39-33-22-10-11-23-34(33)40(37)35-24-12-18-29-28-17-6-9-21-32(28)38(36(29)35)30-19-7-4-15-26(30)27-16-5-8-20-31(27)38/h1-24H. The second-order valence-electron chi connectivity index (χ2n) is 10.7. The van der Waals surface area contributed by atoms with Crippen LogP contribution in [0.3, 0.4) is 0 Å². The quantitative estimate of drug-likeness (QED) is 0.228. The number of hydrogen-bond acceptors (Lipinski definition) is 1. The maximum atomic E-state index is 5.20. The minimum absolute atomic E-state index is 0.422. The van der Waals surface area contributed by atoms with Crippen molar-refractivity contribution in [3.8, 4) is 39.3 Å². The summed E-state index contributed by atoms with van der Waals surface area (Å²) < 4.78 is 2.39. The Morgan fingerprint density at radius 1 is 0.450 bits per heavy atom. The predicted octanol–water partition coefficient (Wildman–Crippen LogP) is 9.04. The van der Waals surface area contributed by atoms with Crippen LogP contribution in [0, 0.1) is 0 Å². The monoisotopic (exact) mass is 508 g/mol. The second-order valence-corrected chi connectivity index (χ2v) is 10.7. The minimum Gasteiger partial charge on any atom is -0.292 e. The molecule has 0 N–H and O–H groups in total. The number of para-hydroxylation sites is 2. The number of nitrogens with zero attached hydrogens (tertiary/aromatic N) is 2. The van der Waals surface area contributed by atoms with Gasteiger partial charge in [0.25, 0.3) is 0 Å². The Hall–Kier alpha value is -5.21. The molecule has 0 unspecified atom stereocenters. The Labute approximate surface area is 232 Å². The van der Waals surface area contributed by atoms with Crippen LogP contribution in [0.4, 0.5) is 0 Å². The van der Waals surface area contributed by atoms with Crippen LogP contribution in [0.5, 0.6) is 0 Å². The van der Waals surface area contributed by atoms with Crippen LogP contribution in [-0.2, 0) is 5.41 Å². The van der Waals surface area contributed by atoms with E-state index in [-0.39, 0.29) is 0 Å². The molecule has 2 nitrogen and oxygen atoms in total. The first-order chi connectivity index (χ1) is 19.9. The predicted molar refractivity (Wildman–Crippen MR) is 163 cm³/mol. The Kier molecular flexibility index (Phi) is 4.29. The van der Waals surface area contributed by atoms with Crippen LogP contribution in [0.25, 0.3) is 50.4 Å². The smallest absolute Gasteiger partial charge is 0.145 e. The van der Waals surface area contributed by atoms with E-state index in [1.54, 1.807) is 0 Å². The lowest BCUT2D eigenvalue weighted by atomic mass is 9.70. The summed E-state index contributed by atoms with van der Waals surface area (Å²) in [5.74, 6) is 0.959. The van der Waals surface area contributed by atoms with Gasteiger partial charge in [-0.15, -0.1) is 0 Å². The SMILES string of the molecule is c1ccc(-c2nc3ccccc3n2-c2cccc3c2C2(c4ccccc4-c4ccccc42)c2ccccc2-3)cc1. The average Bonchev–Trinajstić information content (AvgIpc) is 3.66. The van der Waals surface area contributed by atoms with Gasteiger partial charge in [0, 0.05) is 11.1 Å². The molecule has 0 saturated heterocycles. The Morgan fingerprint density at radius 2 is 0.975 bits per heavy atom. The normalized spacial score (nSPS) is 13.7. The lowest BCUT2D eigenvalue weighted by Crippen LogP contribution is -2.27. The van der Waals surface area contributed by atoms with E-state index in [4.69, 9.17) is 4.98 Å². The van der Waals surface area contributed by atoms with Crippen molar-refractivity contribution >= 4 is 11.0 Å². The van der Waals surface area contributed by atoms with E-state index in [9.17, 15) is 0 Å². The minimum atomic E-state index is -0.422.